The van der Waals surface area contributed by atoms with E-state index >= 15 is 0 Å². The number of ether oxygens (including phenoxy) is 4. The van der Waals surface area contributed by atoms with Gasteiger partial charge in [-0.1, -0.05) is 20.8 Å². The minimum atomic E-state index is -0.341. The van der Waals surface area contributed by atoms with E-state index in [1.807, 2.05) is 37.9 Å². The number of hydrogen-bond donors (Lipinski definition) is 0. The van der Waals surface area contributed by atoms with Crippen LogP contribution in [0.4, 0.5) is 11.6 Å². The van der Waals surface area contributed by atoms with Crippen LogP contribution in [0.1, 0.15) is 66.3 Å². The first-order valence-corrected chi connectivity index (χ1v) is 18.1. The molecule has 12 nitrogen and oxygen atoms in total. The Morgan fingerprint density at radius 3 is 2.04 bits per heavy atom. The Hall–Kier alpha value is -2.10. The van der Waals surface area contributed by atoms with Crippen LogP contribution in [0.3, 0.4) is 0 Å². The molecule has 45 heavy (non-hydrogen) atoms. The van der Waals surface area contributed by atoms with E-state index < -0.39 is 0 Å². The molecule has 0 spiro atoms. The number of rotatable bonds is 18. The monoisotopic (exact) mass is 666 g/mol. The SMILES string of the molecule is CCCN(CCCCN(C)c1ccn([C@H]2CS[C@@H](COCC(C)C)O2)c(=O)n1)c1ccn([C@H]2CS[C@@H](COC(C)C)O2)c(=O)n1. The molecule has 2 fully saturated rings. The molecule has 2 saturated heterocycles. The third-order valence-corrected chi connectivity index (χ3v) is 9.56. The molecule has 0 saturated carbocycles. The highest BCUT2D eigenvalue weighted by Gasteiger charge is 2.30. The summed E-state index contributed by atoms with van der Waals surface area (Å²) in [5, 5.41) is 0. The largest absolute Gasteiger partial charge is 0.378 e. The highest BCUT2D eigenvalue weighted by Crippen LogP contribution is 2.32. The third-order valence-electron chi connectivity index (χ3n) is 7.37. The Morgan fingerprint density at radius 2 is 1.47 bits per heavy atom. The standard InChI is InChI=1S/C31H50N6O6S2/c1-7-12-35(25-11-16-37(31(39)33-25)27-21-45-29(43-27)19-41-23(4)5)14-9-8-13-34(6)24-10-15-36(30(38)32-24)26-20-44-28(42-26)18-40-17-22(2)3/h10-11,15-16,22-23,26-29H,7-9,12-14,17-21H2,1-6H3/t26-,27-,28+,29+/m1/s1. The van der Waals surface area contributed by atoms with Crippen LogP contribution in [0, 0.1) is 5.92 Å². The Labute approximate surface area is 275 Å². The van der Waals surface area contributed by atoms with Gasteiger partial charge in [0.15, 0.2) is 0 Å². The average Bonchev–Trinajstić information content (AvgIpc) is 3.67. The molecule has 2 aromatic rings. The minimum absolute atomic E-state index is 0.0782. The summed E-state index contributed by atoms with van der Waals surface area (Å²) in [6, 6.07) is 3.77. The normalized spacial score (nSPS) is 21.7. The quantitative estimate of drug-likeness (QED) is 0.213. The van der Waals surface area contributed by atoms with Crippen molar-refractivity contribution in [3.63, 3.8) is 0 Å². The molecule has 4 atom stereocenters. The van der Waals surface area contributed by atoms with Gasteiger partial charge in [0.1, 0.15) is 35.0 Å². The Kier molecular flexibility index (Phi) is 14.1. The highest BCUT2D eigenvalue weighted by molar-refractivity contribution is 8.00. The topological polar surface area (TPSA) is 113 Å². The third kappa shape index (κ3) is 10.7. The van der Waals surface area contributed by atoms with E-state index in [-0.39, 0.29) is 40.8 Å². The Morgan fingerprint density at radius 1 is 0.889 bits per heavy atom. The first-order chi connectivity index (χ1) is 21.6. The summed E-state index contributed by atoms with van der Waals surface area (Å²) in [6.45, 7) is 14.4. The summed E-state index contributed by atoms with van der Waals surface area (Å²) in [5.74, 6) is 3.17. The van der Waals surface area contributed by atoms with Gasteiger partial charge >= 0.3 is 11.4 Å². The second-order valence-electron chi connectivity index (χ2n) is 12.1. The van der Waals surface area contributed by atoms with E-state index in [0.717, 1.165) is 38.9 Å². The van der Waals surface area contributed by atoms with Gasteiger partial charge in [0.2, 0.25) is 0 Å². The van der Waals surface area contributed by atoms with Gasteiger partial charge in [-0.2, -0.15) is 9.97 Å². The van der Waals surface area contributed by atoms with E-state index in [4.69, 9.17) is 18.9 Å². The number of thioether (sulfide) groups is 2. The van der Waals surface area contributed by atoms with Crippen molar-refractivity contribution in [1.29, 1.82) is 0 Å². The molecule has 14 heteroatoms. The van der Waals surface area contributed by atoms with Gasteiger partial charge in [-0.25, -0.2) is 9.59 Å². The van der Waals surface area contributed by atoms with Gasteiger partial charge in [-0.05, 0) is 51.2 Å². The molecule has 2 aliphatic heterocycles. The van der Waals surface area contributed by atoms with Crippen LogP contribution in [-0.4, -0.2) is 94.1 Å². The number of unbranched alkanes of at least 4 members (excludes halogenated alkanes) is 1. The van der Waals surface area contributed by atoms with E-state index in [2.05, 4.69) is 35.6 Å². The van der Waals surface area contributed by atoms with Crippen molar-refractivity contribution < 1.29 is 18.9 Å². The van der Waals surface area contributed by atoms with Gasteiger partial charge < -0.3 is 28.7 Å². The predicted octanol–water partition coefficient (Wildman–Crippen LogP) is 4.21. The van der Waals surface area contributed by atoms with Gasteiger partial charge in [0.25, 0.3) is 0 Å². The summed E-state index contributed by atoms with van der Waals surface area (Å²) in [4.78, 5) is 38.7. The summed E-state index contributed by atoms with van der Waals surface area (Å²) in [6.07, 6.45) is 5.77. The maximum absolute atomic E-state index is 12.9. The smallest absolute Gasteiger partial charge is 0.351 e. The zero-order valence-corrected chi connectivity index (χ0v) is 29.1. The fourth-order valence-electron chi connectivity index (χ4n) is 5.04. The number of hydrogen-bond acceptors (Lipinski definition) is 12. The van der Waals surface area contributed by atoms with E-state index in [1.54, 1.807) is 45.1 Å². The predicted molar refractivity (Wildman–Crippen MR) is 181 cm³/mol. The van der Waals surface area contributed by atoms with Crippen LogP contribution >= 0.6 is 23.5 Å². The van der Waals surface area contributed by atoms with Crippen molar-refractivity contribution in [2.75, 3.05) is 67.8 Å². The molecule has 4 heterocycles. The van der Waals surface area contributed by atoms with Crippen LogP contribution < -0.4 is 21.2 Å². The molecule has 0 unspecified atom stereocenters. The molecule has 0 bridgehead atoms. The maximum Gasteiger partial charge on any atom is 0.351 e. The first kappa shape index (κ1) is 35.7. The molecule has 252 valence electrons. The van der Waals surface area contributed by atoms with Gasteiger partial charge in [-0.3, -0.25) is 9.13 Å². The van der Waals surface area contributed by atoms with Crippen molar-refractivity contribution in [3.8, 4) is 0 Å². The molecule has 0 aromatic carbocycles. The summed E-state index contributed by atoms with van der Waals surface area (Å²) in [5.41, 5.74) is -0.782. The lowest BCUT2D eigenvalue weighted by molar-refractivity contribution is -0.0377. The molecule has 0 amide bonds. The van der Waals surface area contributed by atoms with Crippen LogP contribution in [0.15, 0.2) is 34.1 Å². The zero-order valence-electron chi connectivity index (χ0n) is 27.5. The Balaban J connectivity index is 1.24. The van der Waals surface area contributed by atoms with Crippen molar-refractivity contribution in [2.45, 2.75) is 83.3 Å². The lowest BCUT2D eigenvalue weighted by Gasteiger charge is -2.25. The minimum Gasteiger partial charge on any atom is -0.378 e. The Bertz CT molecular complexity index is 1310. The van der Waals surface area contributed by atoms with Gasteiger partial charge in [0, 0.05) is 57.2 Å². The summed E-state index contributed by atoms with van der Waals surface area (Å²) >= 11 is 3.32. The van der Waals surface area contributed by atoms with Crippen molar-refractivity contribution in [2.24, 2.45) is 5.92 Å². The first-order valence-electron chi connectivity index (χ1n) is 16.0. The fourth-order valence-corrected chi connectivity index (χ4v) is 7.05. The fraction of sp³-hybridized carbons (Fsp3) is 0.742. The second-order valence-corrected chi connectivity index (χ2v) is 14.5. The van der Waals surface area contributed by atoms with Crippen LogP contribution in [0.25, 0.3) is 0 Å². The molecule has 2 aliphatic rings. The van der Waals surface area contributed by atoms with E-state index in [9.17, 15) is 9.59 Å². The van der Waals surface area contributed by atoms with Crippen LogP contribution in [0.5, 0.6) is 0 Å². The number of anilines is 2. The van der Waals surface area contributed by atoms with Gasteiger partial charge in [-0.15, -0.1) is 23.5 Å². The lowest BCUT2D eigenvalue weighted by atomic mass is 10.2. The maximum atomic E-state index is 12.9. The zero-order chi connectivity index (χ0) is 32.3. The van der Waals surface area contributed by atoms with E-state index in [1.165, 1.54) is 0 Å². The lowest BCUT2D eigenvalue weighted by Crippen LogP contribution is -2.33. The van der Waals surface area contributed by atoms with Crippen LogP contribution in [-0.2, 0) is 18.9 Å². The van der Waals surface area contributed by atoms with E-state index in [0.29, 0.717) is 48.9 Å². The molecule has 2 aromatic heterocycles. The molecule has 4 rings (SSSR count). The number of nitrogens with zero attached hydrogens (tertiary/aromatic N) is 6. The highest BCUT2D eigenvalue weighted by atomic mass is 32.2. The van der Waals surface area contributed by atoms with Crippen molar-refractivity contribution in [1.82, 2.24) is 19.1 Å². The summed E-state index contributed by atoms with van der Waals surface area (Å²) < 4.78 is 26.6. The molecule has 0 aliphatic carbocycles. The van der Waals surface area contributed by atoms with Gasteiger partial charge in [0.05, 0.1) is 19.3 Å². The second kappa shape index (κ2) is 17.7. The van der Waals surface area contributed by atoms with Crippen molar-refractivity contribution >= 4 is 35.2 Å². The number of aromatic nitrogens is 4. The molecular weight excluding hydrogens is 617 g/mol. The molecular formula is C31H50N6O6S2. The molecule has 0 N–H and O–H groups in total. The van der Waals surface area contributed by atoms with Crippen molar-refractivity contribution in [3.05, 3.63) is 45.5 Å². The average molecular weight is 667 g/mol. The van der Waals surface area contributed by atoms with Crippen LogP contribution in [0.2, 0.25) is 0 Å². The summed E-state index contributed by atoms with van der Waals surface area (Å²) in [7, 11) is 1.95. The molecule has 0 radical (unpaired) electrons.